The van der Waals surface area contributed by atoms with Crippen LogP contribution >= 0.6 is 0 Å². The molecule has 0 spiro atoms. The molecule has 1 aliphatic carbocycles. The second-order valence-corrected chi connectivity index (χ2v) is 8.28. The van der Waals surface area contributed by atoms with E-state index in [4.69, 9.17) is 0 Å². The summed E-state index contributed by atoms with van der Waals surface area (Å²) in [6.07, 6.45) is 11.7. The van der Waals surface area contributed by atoms with Crippen molar-refractivity contribution in [2.75, 3.05) is 13.1 Å². The van der Waals surface area contributed by atoms with Crippen molar-refractivity contribution in [3.8, 4) is 0 Å². The summed E-state index contributed by atoms with van der Waals surface area (Å²) in [4.78, 5) is 2.79. The van der Waals surface area contributed by atoms with Crippen LogP contribution in [-0.4, -0.2) is 47.3 Å². The zero-order valence-electron chi connectivity index (χ0n) is 14.0. The maximum atomic E-state index is 10.0. The summed E-state index contributed by atoms with van der Waals surface area (Å²) >= 11 is 0. The molecule has 3 nitrogen and oxygen atoms in total. The molecule has 3 aliphatic rings. The number of hydrogen-bond donors (Lipinski definition) is 2. The molecule has 122 valence electrons. The maximum Gasteiger partial charge on any atom is 0.0570 e. The fraction of sp³-hybridized carbons (Fsp3) is 1.00. The number of fused-ring (bicyclic) bond motifs is 2. The molecule has 0 aromatic heterocycles. The molecular formula is C18H34N2O. The molecule has 2 heterocycles. The molecule has 0 aromatic carbocycles. The Hall–Kier alpha value is -0.120. The number of aliphatic hydroxyl groups excluding tert-OH is 1. The number of aliphatic hydroxyl groups is 1. The Kier molecular flexibility index (Phi) is 4.92. The fourth-order valence-electron chi connectivity index (χ4n) is 5.00. The van der Waals surface area contributed by atoms with Gasteiger partial charge in [-0.1, -0.05) is 33.1 Å². The van der Waals surface area contributed by atoms with Crippen molar-refractivity contribution < 1.29 is 5.11 Å². The summed E-state index contributed by atoms with van der Waals surface area (Å²) in [5.41, 5.74) is 0.492. The van der Waals surface area contributed by atoms with Crippen molar-refractivity contribution in [3.63, 3.8) is 0 Å². The van der Waals surface area contributed by atoms with E-state index in [1.54, 1.807) is 0 Å². The van der Waals surface area contributed by atoms with Crippen LogP contribution in [0.2, 0.25) is 0 Å². The van der Waals surface area contributed by atoms with Gasteiger partial charge in [-0.3, -0.25) is 4.90 Å². The van der Waals surface area contributed by atoms with E-state index in [-0.39, 0.29) is 6.10 Å². The summed E-state index contributed by atoms with van der Waals surface area (Å²) in [6.45, 7) is 6.98. The van der Waals surface area contributed by atoms with E-state index in [1.165, 1.54) is 58.0 Å². The molecule has 1 saturated carbocycles. The van der Waals surface area contributed by atoms with Gasteiger partial charge >= 0.3 is 0 Å². The molecule has 0 radical (unpaired) electrons. The third-order valence-corrected chi connectivity index (χ3v) is 6.18. The first kappa shape index (κ1) is 15.8. The summed E-state index contributed by atoms with van der Waals surface area (Å²) in [5.74, 6) is 0. The van der Waals surface area contributed by atoms with Crippen LogP contribution in [0.25, 0.3) is 0 Å². The second kappa shape index (κ2) is 6.55. The monoisotopic (exact) mass is 294 g/mol. The molecule has 2 saturated heterocycles. The lowest BCUT2D eigenvalue weighted by Crippen LogP contribution is -2.53. The van der Waals surface area contributed by atoms with E-state index in [0.717, 1.165) is 12.8 Å². The normalized spacial score (nSPS) is 36.3. The van der Waals surface area contributed by atoms with Gasteiger partial charge in [0.2, 0.25) is 0 Å². The largest absolute Gasteiger partial charge is 0.393 e. The van der Waals surface area contributed by atoms with Crippen LogP contribution in [0.1, 0.15) is 71.6 Å². The average molecular weight is 294 g/mol. The van der Waals surface area contributed by atoms with Crippen molar-refractivity contribution in [1.29, 1.82) is 0 Å². The van der Waals surface area contributed by atoms with Gasteiger partial charge < -0.3 is 10.4 Å². The van der Waals surface area contributed by atoms with E-state index >= 15 is 0 Å². The maximum absolute atomic E-state index is 10.0. The third-order valence-electron chi connectivity index (χ3n) is 6.18. The van der Waals surface area contributed by atoms with E-state index < -0.39 is 0 Å². The van der Waals surface area contributed by atoms with Crippen LogP contribution in [0.3, 0.4) is 0 Å². The Labute approximate surface area is 130 Å². The highest BCUT2D eigenvalue weighted by molar-refractivity contribution is 4.99. The number of hydrogen-bond acceptors (Lipinski definition) is 3. The number of rotatable bonds is 5. The lowest BCUT2D eigenvalue weighted by atomic mass is 9.73. The standard InChI is InChI=1S/C18H34N2O/c1-14(2)19-12-18(8-4-3-5-9-18)13-20-15-6-7-16(20)11-17(21)10-15/h14-17,19,21H,3-13H2,1-2H3. The van der Waals surface area contributed by atoms with Gasteiger partial charge in [-0.15, -0.1) is 0 Å². The van der Waals surface area contributed by atoms with Crippen molar-refractivity contribution in [2.45, 2.75) is 95.9 Å². The highest BCUT2D eigenvalue weighted by atomic mass is 16.3. The number of nitrogens with zero attached hydrogens (tertiary/aromatic N) is 1. The molecule has 2 N–H and O–H groups in total. The highest BCUT2D eigenvalue weighted by Crippen LogP contribution is 2.42. The predicted molar refractivity (Wildman–Crippen MR) is 87.4 cm³/mol. The molecule has 21 heavy (non-hydrogen) atoms. The van der Waals surface area contributed by atoms with Crippen molar-refractivity contribution in [2.24, 2.45) is 5.41 Å². The van der Waals surface area contributed by atoms with E-state index in [9.17, 15) is 5.11 Å². The fourth-order valence-corrected chi connectivity index (χ4v) is 5.00. The first-order chi connectivity index (χ1) is 10.1. The number of nitrogens with one attached hydrogen (secondary N) is 1. The molecule has 3 fully saturated rings. The molecule has 0 amide bonds. The van der Waals surface area contributed by atoms with Crippen molar-refractivity contribution in [3.05, 3.63) is 0 Å². The smallest absolute Gasteiger partial charge is 0.0570 e. The van der Waals surface area contributed by atoms with Crippen molar-refractivity contribution in [1.82, 2.24) is 10.2 Å². The van der Waals surface area contributed by atoms with Crippen LogP contribution in [0.15, 0.2) is 0 Å². The quantitative estimate of drug-likeness (QED) is 0.818. The molecule has 3 rings (SSSR count). The first-order valence-electron chi connectivity index (χ1n) is 9.25. The highest BCUT2D eigenvalue weighted by Gasteiger charge is 2.44. The van der Waals surface area contributed by atoms with Gasteiger partial charge in [0.15, 0.2) is 0 Å². The zero-order chi connectivity index (χ0) is 14.9. The minimum atomic E-state index is -0.0326. The lowest BCUT2D eigenvalue weighted by molar-refractivity contribution is -0.000437. The minimum Gasteiger partial charge on any atom is -0.393 e. The molecule has 2 bridgehead atoms. The molecule has 3 heteroatoms. The Morgan fingerprint density at radius 2 is 1.71 bits per heavy atom. The summed E-state index contributed by atoms with van der Waals surface area (Å²) < 4.78 is 0. The van der Waals surface area contributed by atoms with Crippen LogP contribution in [0.5, 0.6) is 0 Å². The van der Waals surface area contributed by atoms with E-state index in [0.29, 0.717) is 23.5 Å². The Balaban J connectivity index is 1.66. The van der Waals surface area contributed by atoms with Gasteiger partial charge in [0, 0.05) is 31.2 Å². The van der Waals surface area contributed by atoms with Gasteiger partial charge in [0.25, 0.3) is 0 Å². The van der Waals surface area contributed by atoms with Crippen LogP contribution in [0, 0.1) is 5.41 Å². The molecule has 2 atom stereocenters. The Bertz CT molecular complexity index is 324. The predicted octanol–water partition coefficient (Wildman–Crippen LogP) is 2.92. The van der Waals surface area contributed by atoms with Crippen LogP contribution in [-0.2, 0) is 0 Å². The summed E-state index contributed by atoms with van der Waals surface area (Å²) in [7, 11) is 0. The number of piperidine rings is 1. The lowest BCUT2D eigenvalue weighted by Gasteiger charge is -2.46. The molecular weight excluding hydrogens is 260 g/mol. The Morgan fingerprint density at radius 1 is 1.10 bits per heavy atom. The summed E-state index contributed by atoms with van der Waals surface area (Å²) in [6, 6.07) is 1.91. The summed E-state index contributed by atoms with van der Waals surface area (Å²) in [5, 5.41) is 13.7. The topological polar surface area (TPSA) is 35.5 Å². The van der Waals surface area contributed by atoms with Crippen LogP contribution in [0.4, 0.5) is 0 Å². The SMILES string of the molecule is CC(C)NCC1(CN2C3CCC2CC(O)C3)CCCCC1. The van der Waals surface area contributed by atoms with E-state index in [1.807, 2.05) is 0 Å². The molecule has 2 aliphatic heterocycles. The first-order valence-corrected chi connectivity index (χ1v) is 9.25. The van der Waals surface area contributed by atoms with Gasteiger partial charge in [0.05, 0.1) is 6.10 Å². The zero-order valence-corrected chi connectivity index (χ0v) is 14.0. The third kappa shape index (κ3) is 3.62. The average Bonchev–Trinajstić information content (AvgIpc) is 2.69. The van der Waals surface area contributed by atoms with Crippen molar-refractivity contribution >= 4 is 0 Å². The second-order valence-electron chi connectivity index (χ2n) is 8.28. The molecule has 2 unspecified atom stereocenters. The van der Waals surface area contributed by atoms with Crippen LogP contribution < -0.4 is 5.32 Å². The van der Waals surface area contributed by atoms with Gasteiger partial charge in [-0.05, 0) is 43.9 Å². The minimum absolute atomic E-state index is 0.0326. The van der Waals surface area contributed by atoms with E-state index in [2.05, 4.69) is 24.1 Å². The Morgan fingerprint density at radius 3 is 2.29 bits per heavy atom. The van der Waals surface area contributed by atoms with Gasteiger partial charge in [-0.2, -0.15) is 0 Å². The van der Waals surface area contributed by atoms with Gasteiger partial charge in [-0.25, -0.2) is 0 Å². The molecule has 0 aromatic rings. The van der Waals surface area contributed by atoms with Gasteiger partial charge in [0.1, 0.15) is 0 Å².